The number of amides is 1. The summed E-state index contributed by atoms with van der Waals surface area (Å²) in [4.78, 5) is 15.1. The number of hydrogen-bond donors (Lipinski definition) is 0. The Morgan fingerprint density at radius 3 is 2.73 bits per heavy atom. The lowest BCUT2D eigenvalue weighted by atomic mass is 10.0. The molecule has 1 amide bonds. The van der Waals surface area contributed by atoms with Crippen molar-refractivity contribution in [1.29, 1.82) is 0 Å². The molecule has 26 heavy (non-hydrogen) atoms. The number of benzene rings is 2. The lowest BCUT2D eigenvalue weighted by molar-refractivity contribution is 0.0507. The fraction of sp³-hybridized carbons (Fsp3) is 0.409. The zero-order valence-corrected chi connectivity index (χ0v) is 15.8. The topological polar surface area (TPSA) is 38.8 Å². The Kier molecular flexibility index (Phi) is 5.94. The molecule has 1 atom stereocenters. The summed E-state index contributed by atoms with van der Waals surface area (Å²) in [5, 5.41) is 0. The number of ether oxygens (including phenoxy) is 2. The minimum absolute atomic E-state index is 0.0476. The second kappa shape index (κ2) is 8.37. The van der Waals surface area contributed by atoms with Crippen LogP contribution in [0.3, 0.4) is 0 Å². The smallest absolute Gasteiger partial charge is 0.254 e. The van der Waals surface area contributed by atoms with Gasteiger partial charge in [0.05, 0.1) is 13.2 Å². The maximum absolute atomic E-state index is 13.2. The van der Waals surface area contributed by atoms with Crippen LogP contribution in [0.1, 0.15) is 39.9 Å². The summed E-state index contributed by atoms with van der Waals surface area (Å²) in [5.74, 6) is 0.851. The Balaban J connectivity index is 1.83. The average Bonchev–Trinajstić information content (AvgIpc) is 3.16. The van der Waals surface area contributed by atoms with Gasteiger partial charge in [-0.1, -0.05) is 18.2 Å². The first-order chi connectivity index (χ1) is 12.6. The van der Waals surface area contributed by atoms with E-state index >= 15 is 0 Å². The number of nitrogens with zero attached hydrogens (tertiary/aromatic N) is 1. The molecule has 1 saturated heterocycles. The van der Waals surface area contributed by atoms with Gasteiger partial charge in [-0.2, -0.15) is 0 Å². The maximum atomic E-state index is 13.2. The standard InChI is InChI=1S/C22H27NO3/c1-16-9-10-19(12-17(16)2)22(24)23(15-21-8-5-11-26-21)14-18-6-4-7-20(13-18)25-3/h4,6-7,9-10,12-13,21H,5,8,11,14-15H2,1-3H3. The third-order valence-electron chi connectivity index (χ3n) is 5.00. The Bertz CT molecular complexity index is 766. The molecule has 0 aliphatic carbocycles. The van der Waals surface area contributed by atoms with Crippen molar-refractivity contribution < 1.29 is 14.3 Å². The Hall–Kier alpha value is -2.33. The molecule has 3 rings (SSSR count). The number of carbonyl (C=O) groups excluding carboxylic acids is 1. The number of rotatable bonds is 6. The summed E-state index contributed by atoms with van der Waals surface area (Å²) in [7, 11) is 1.66. The molecule has 0 spiro atoms. The van der Waals surface area contributed by atoms with Crippen LogP contribution in [0.4, 0.5) is 0 Å². The quantitative estimate of drug-likeness (QED) is 0.784. The van der Waals surface area contributed by atoms with E-state index in [0.717, 1.165) is 41.9 Å². The monoisotopic (exact) mass is 353 g/mol. The van der Waals surface area contributed by atoms with Crippen LogP contribution in [0.25, 0.3) is 0 Å². The first-order valence-electron chi connectivity index (χ1n) is 9.18. The molecule has 1 fully saturated rings. The molecule has 1 unspecified atom stereocenters. The lowest BCUT2D eigenvalue weighted by Crippen LogP contribution is -2.37. The van der Waals surface area contributed by atoms with Gasteiger partial charge in [0.25, 0.3) is 5.91 Å². The molecule has 0 saturated carbocycles. The summed E-state index contributed by atoms with van der Waals surface area (Å²) in [6.07, 6.45) is 2.20. The minimum Gasteiger partial charge on any atom is -0.497 e. The minimum atomic E-state index is 0.0476. The van der Waals surface area contributed by atoms with Crippen molar-refractivity contribution >= 4 is 5.91 Å². The van der Waals surface area contributed by atoms with E-state index in [-0.39, 0.29) is 12.0 Å². The molecule has 138 valence electrons. The predicted molar refractivity (Wildman–Crippen MR) is 103 cm³/mol. The molecule has 4 heteroatoms. The van der Waals surface area contributed by atoms with E-state index in [0.29, 0.717) is 13.1 Å². The fourth-order valence-electron chi connectivity index (χ4n) is 3.30. The second-order valence-electron chi connectivity index (χ2n) is 6.97. The van der Waals surface area contributed by atoms with Crippen LogP contribution in [-0.2, 0) is 11.3 Å². The van der Waals surface area contributed by atoms with Crippen molar-refractivity contribution in [3.63, 3.8) is 0 Å². The molecular formula is C22H27NO3. The van der Waals surface area contributed by atoms with Crippen molar-refractivity contribution in [3.8, 4) is 5.75 Å². The van der Waals surface area contributed by atoms with E-state index < -0.39 is 0 Å². The molecule has 2 aromatic rings. The molecular weight excluding hydrogens is 326 g/mol. The van der Waals surface area contributed by atoms with Crippen LogP contribution in [0.5, 0.6) is 5.75 Å². The second-order valence-corrected chi connectivity index (χ2v) is 6.97. The summed E-state index contributed by atoms with van der Waals surface area (Å²) in [6, 6.07) is 13.8. The number of aryl methyl sites for hydroxylation is 2. The molecule has 1 aliphatic heterocycles. The number of hydrogen-bond acceptors (Lipinski definition) is 3. The molecule has 0 aromatic heterocycles. The van der Waals surface area contributed by atoms with Gasteiger partial charge in [-0.25, -0.2) is 0 Å². The van der Waals surface area contributed by atoms with E-state index in [1.807, 2.05) is 54.3 Å². The van der Waals surface area contributed by atoms with Crippen LogP contribution in [0.2, 0.25) is 0 Å². The van der Waals surface area contributed by atoms with Crippen molar-refractivity contribution in [2.75, 3.05) is 20.3 Å². The van der Waals surface area contributed by atoms with Crippen molar-refractivity contribution in [3.05, 3.63) is 64.7 Å². The molecule has 1 aliphatic rings. The fourth-order valence-corrected chi connectivity index (χ4v) is 3.30. The number of methoxy groups -OCH3 is 1. The average molecular weight is 353 g/mol. The Morgan fingerprint density at radius 1 is 1.19 bits per heavy atom. The highest BCUT2D eigenvalue weighted by Gasteiger charge is 2.24. The Labute approximate surface area is 155 Å². The van der Waals surface area contributed by atoms with Crippen LogP contribution in [0, 0.1) is 13.8 Å². The van der Waals surface area contributed by atoms with E-state index in [4.69, 9.17) is 9.47 Å². The molecule has 0 radical (unpaired) electrons. The molecule has 0 N–H and O–H groups in total. The maximum Gasteiger partial charge on any atom is 0.254 e. The highest BCUT2D eigenvalue weighted by Crippen LogP contribution is 2.20. The van der Waals surface area contributed by atoms with Gasteiger partial charge in [0.2, 0.25) is 0 Å². The number of carbonyl (C=O) groups is 1. The SMILES string of the molecule is COc1cccc(CN(CC2CCCO2)C(=O)c2ccc(C)c(C)c2)c1. The molecule has 4 nitrogen and oxygen atoms in total. The first-order valence-corrected chi connectivity index (χ1v) is 9.18. The zero-order chi connectivity index (χ0) is 18.5. The van der Waals surface area contributed by atoms with Gasteiger partial charge < -0.3 is 14.4 Å². The molecule has 1 heterocycles. The molecule has 2 aromatic carbocycles. The van der Waals surface area contributed by atoms with E-state index in [2.05, 4.69) is 6.92 Å². The van der Waals surface area contributed by atoms with Crippen molar-refractivity contribution in [2.45, 2.75) is 39.3 Å². The summed E-state index contributed by atoms with van der Waals surface area (Å²) in [6.45, 7) is 6.05. The van der Waals surface area contributed by atoms with Crippen LogP contribution < -0.4 is 4.74 Å². The molecule has 0 bridgehead atoms. The zero-order valence-electron chi connectivity index (χ0n) is 15.8. The van der Waals surface area contributed by atoms with Gasteiger partial charge in [-0.15, -0.1) is 0 Å². The van der Waals surface area contributed by atoms with Gasteiger partial charge in [-0.05, 0) is 67.6 Å². The van der Waals surface area contributed by atoms with E-state index in [1.165, 1.54) is 5.56 Å². The summed E-state index contributed by atoms with van der Waals surface area (Å²) in [5.41, 5.74) is 4.11. The van der Waals surface area contributed by atoms with Gasteiger partial charge in [-0.3, -0.25) is 4.79 Å². The Morgan fingerprint density at radius 2 is 2.04 bits per heavy atom. The van der Waals surface area contributed by atoms with Crippen molar-refractivity contribution in [1.82, 2.24) is 4.90 Å². The van der Waals surface area contributed by atoms with Gasteiger partial charge in [0.15, 0.2) is 0 Å². The third-order valence-corrected chi connectivity index (χ3v) is 5.00. The van der Waals surface area contributed by atoms with Crippen LogP contribution in [0.15, 0.2) is 42.5 Å². The van der Waals surface area contributed by atoms with Crippen LogP contribution in [-0.4, -0.2) is 37.2 Å². The highest BCUT2D eigenvalue weighted by atomic mass is 16.5. The first kappa shape index (κ1) is 18.5. The summed E-state index contributed by atoms with van der Waals surface area (Å²) < 4.78 is 11.1. The summed E-state index contributed by atoms with van der Waals surface area (Å²) >= 11 is 0. The van der Waals surface area contributed by atoms with Gasteiger partial charge >= 0.3 is 0 Å². The van der Waals surface area contributed by atoms with Gasteiger partial charge in [0.1, 0.15) is 5.75 Å². The van der Waals surface area contributed by atoms with Crippen molar-refractivity contribution in [2.24, 2.45) is 0 Å². The normalized spacial score (nSPS) is 16.5. The highest BCUT2D eigenvalue weighted by molar-refractivity contribution is 5.94. The van der Waals surface area contributed by atoms with Gasteiger partial charge in [0, 0.05) is 25.3 Å². The largest absolute Gasteiger partial charge is 0.497 e. The third kappa shape index (κ3) is 4.44. The van der Waals surface area contributed by atoms with E-state index in [1.54, 1.807) is 7.11 Å². The van der Waals surface area contributed by atoms with Crippen LogP contribution >= 0.6 is 0 Å². The predicted octanol–water partition coefficient (Wildman–Crippen LogP) is 4.13. The van der Waals surface area contributed by atoms with E-state index in [9.17, 15) is 4.79 Å². The lowest BCUT2D eigenvalue weighted by Gasteiger charge is -2.26.